The number of halogens is 12. The molecule has 0 radical (unpaired) electrons. The Morgan fingerprint density at radius 2 is 1.26 bits per heavy atom. The van der Waals surface area contributed by atoms with Gasteiger partial charge in [0.2, 0.25) is 0 Å². The van der Waals surface area contributed by atoms with E-state index in [2.05, 4.69) is 15.5 Å². The van der Waals surface area contributed by atoms with Crippen molar-refractivity contribution in [3.63, 3.8) is 0 Å². The number of alkyl halides is 7. The Balaban J connectivity index is 1.27. The molecule has 2 aliphatic rings. The summed E-state index contributed by atoms with van der Waals surface area (Å²) in [6.07, 6.45) is -8.82. The number of ether oxygens (including phenoxy) is 4. The van der Waals surface area contributed by atoms with Gasteiger partial charge in [0.1, 0.15) is 40.4 Å². The maximum Gasteiger partial charge on any atom is 0.527 e. The molecule has 0 spiro atoms. The van der Waals surface area contributed by atoms with Gasteiger partial charge in [-0.15, -0.1) is 13.2 Å². The second-order valence-electron chi connectivity index (χ2n) is 12.0. The molecule has 0 atom stereocenters. The highest BCUT2D eigenvalue weighted by atomic mass is 19.4. The van der Waals surface area contributed by atoms with Crippen LogP contribution in [0.1, 0.15) is 55.6 Å². The predicted octanol–water partition coefficient (Wildman–Crippen LogP) is 10.8. The van der Waals surface area contributed by atoms with Crippen molar-refractivity contribution in [3.05, 3.63) is 100 Å². The molecule has 1 aliphatic carbocycles. The Hall–Kier alpha value is -3.76. The summed E-state index contributed by atoms with van der Waals surface area (Å²) in [5.74, 6) is -9.99. The van der Waals surface area contributed by atoms with Gasteiger partial charge < -0.3 is 14.2 Å². The van der Waals surface area contributed by atoms with E-state index in [-0.39, 0.29) is 35.7 Å². The van der Waals surface area contributed by atoms with Gasteiger partial charge in [-0.05, 0) is 74.3 Å². The summed E-state index contributed by atoms with van der Waals surface area (Å²) in [6, 6.07) is 2.54. The first-order chi connectivity index (χ1) is 23.4. The molecule has 0 bridgehead atoms. The van der Waals surface area contributed by atoms with Crippen molar-refractivity contribution < 1.29 is 71.6 Å². The van der Waals surface area contributed by atoms with Crippen LogP contribution in [-0.4, -0.2) is 19.6 Å². The Labute approximate surface area is 277 Å². The van der Waals surface area contributed by atoms with Crippen molar-refractivity contribution in [2.75, 3.05) is 13.2 Å². The predicted molar refractivity (Wildman–Crippen MR) is 152 cm³/mol. The van der Waals surface area contributed by atoms with Gasteiger partial charge in [-0.2, -0.15) is 17.6 Å². The lowest BCUT2D eigenvalue weighted by atomic mass is 9.76. The van der Waals surface area contributed by atoms with Crippen LogP contribution >= 0.6 is 0 Å². The second-order valence-corrected chi connectivity index (χ2v) is 12.0. The first kappa shape index (κ1) is 37.5. The number of allylic oxidation sites excluding steroid dienone is 2. The van der Waals surface area contributed by atoms with E-state index in [4.69, 9.17) is 9.47 Å². The van der Waals surface area contributed by atoms with Crippen molar-refractivity contribution in [3.8, 4) is 16.9 Å². The van der Waals surface area contributed by atoms with Crippen molar-refractivity contribution in [2.45, 2.75) is 57.5 Å². The van der Waals surface area contributed by atoms with Crippen molar-refractivity contribution in [1.82, 2.24) is 0 Å². The van der Waals surface area contributed by atoms with Crippen LogP contribution in [-0.2, 0) is 26.4 Å². The lowest BCUT2D eigenvalue weighted by Gasteiger charge is -2.37. The molecule has 5 rings (SSSR count). The van der Waals surface area contributed by atoms with Crippen LogP contribution in [0.25, 0.3) is 11.1 Å². The fourth-order valence-corrected chi connectivity index (χ4v) is 6.26. The average Bonchev–Trinajstić information content (AvgIpc) is 2.99. The third-order valence-corrected chi connectivity index (χ3v) is 8.58. The van der Waals surface area contributed by atoms with E-state index < -0.39 is 82.0 Å². The van der Waals surface area contributed by atoms with E-state index in [1.807, 2.05) is 13.0 Å². The van der Waals surface area contributed by atoms with E-state index >= 15 is 8.78 Å². The van der Waals surface area contributed by atoms with Gasteiger partial charge in [-0.25, -0.2) is 26.7 Å². The molecule has 0 N–H and O–H groups in total. The third-order valence-electron chi connectivity index (χ3n) is 8.58. The van der Waals surface area contributed by atoms with E-state index in [1.54, 1.807) is 0 Å². The Morgan fingerprint density at radius 3 is 1.78 bits per heavy atom. The highest BCUT2D eigenvalue weighted by molar-refractivity contribution is 5.66. The topological polar surface area (TPSA) is 36.9 Å². The lowest BCUT2D eigenvalue weighted by molar-refractivity contribution is -0.432. The first-order valence-corrected chi connectivity index (χ1v) is 15.2. The van der Waals surface area contributed by atoms with E-state index in [1.165, 1.54) is 0 Å². The molecule has 3 aromatic carbocycles. The zero-order valence-electron chi connectivity index (χ0n) is 25.9. The van der Waals surface area contributed by atoms with Crippen LogP contribution in [0.4, 0.5) is 52.7 Å². The van der Waals surface area contributed by atoms with Crippen LogP contribution in [0.5, 0.6) is 5.75 Å². The quantitative estimate of drug-likeness (QED) is 0.162. The molecule has 0 unspecified atom stereocenters. The molecule has 0 aromatic heterocycles. The maximum absolute atomic E-state index is 15.0. The molecule has 0 amide bonds. The second kappa shape index (κ2) is 14.5. The van der Waals surface area contributed by atoms with Gasteiger partial charge in [-0.1, -0.05) is 18.2 Å². The lowest BCUT2D eigenvalue weighted by Crippen LogP contribution is -2.34. The zero-order valence-corrected chi connectivity index (χ0v) is 25.9. The smallest absolute Gasteiger partial charge is 0.429 e. The standard InChI is InChI=1S/C34H28F12O4/c1-2-3-17-4-6-18(7-5-17)21-15-47-31(48-16-21)19-8-9-23(24(35)10-19)32(40,41)49-22-13-25(36)29(26(37)14-22)20-11-27(38)30(28(39)12-20)33(42,43)50-34(44,45)46/h2-3,8-14,17-18,21,31H,4-7,15-16H2,1H3. The Bertz CT molecular complexity index is 1660. The number of benzene rings is 3. The van der Waals surface area contributed by atoms with Gasteiger partial charge in [0.25, 0.3) is 0 Å². The third kappa shape index (κ3) is 8.40. The van der Waals surface area contributed by atoms with E-state index in [0.717, 1.165) is 37.8 Å². The summed E-state index contributed by atoms with van der Waals surface area (Å²) in [7, 11) is 0. The minimum Gasteiger partial charge on any atom is -0.429 e. The molecule has 1 saturated heterocycles. The van der Waals surface area contributed by atoms with Crippen LogP contribution in [0.15, 0.2) is 54.6 Å². The highest BCUT2D eigenvalue weighted by Gasteiger charge is 2.49. The SMILES string of the molecule is CC=CC1CCC(C2COC(c3ccc(C(F)(F)Oc4cc(F)c(-c5cc(F)c(C(F)(F)OC(F)(F)F)c(F)c5)c(F)c4)c(F)c3)OC2)CC1. The van der Waals surface area contributed by atoms with Crippen molar-refractivity contribution >= 4 is 0 Å². The molecular formula is C34H28F12O4. The molecule has 272 valence electrons. The van der Waals surface area contributed by atoms with Crippen LogP contribution in [0.3, 0.4) is 0 Å². The van der Waals surface area contributed by atoms with Crippen LogP contribution in [0.2, 0.25) is 0 Å². The van der Waals surface area contributed by atoms with Gasteiger partial charge >= 0.3 is 18.6 Å². The molecule has 1 heterocycles. The van der Waals surface area contributed by atoms with E-state index in [9.17, 15) is 43.9 Å². The van der Waals surface area contributed by atoms with Crippen molar-refractivity contribution in [2.24, 2.45) is 17.8 Å². The summed E-state index contributed by atoms with van der Waals surface area (Å²) in [5, 5.41) is 0. The Morgan fingerprint density at radius 1 is 0.680 bits per heavy atom. The van der Waals surface area contributed by atoms with Gasteiger partial charge in [0.15, 0.2) is 6.29 Å². The summed E-state index contributed by atoms with van der Waals surface area (Å²) in [5.41, 5.74) is -6.21. The number of hydrogen-bond donors (Lipinski definition) is 0. The molecule has 3 aromatic rings. The van der Waals surface area contributed by atoms with Crippen LogP contribution < -0.4 is 4.74 Å². The first-order valence-electron chi connectivity index (χ1n) is 15.2. The molecule has 1 saturated carbocycles. The minimum absolute atomic E-state index is 0.0898. The summed E-state index contributed by atoms with van der Waals surface area (Å²) < 4.78 is 186. The summed E-state index contributed by atoms with van der Waals surface area (Å²) in [6.45, 7) is 2.62. The largest absolute Gasteiger partial charge is 0.527 e. The van der Waals surface area contributed by atoms with Gasteiger partial charge in [0, 0.05) is 23.6 Å². The summed E-state index contributed by atoms with van der Waals surface area (Å²) in [4.78, 5) is 0. The zero-order chi connectivity index (χ0) is 36.6. The monoisotopic (exact) mass is 728 g/mol. The molecular weight excluding hydrogens is 700 g/mol. The minimum atomic E-state index is -6.02. The molecule has 2 fully saturated rings. The number of hydrogen-bond acceptors (Lipinski definition) is 4. The normalized spacial score (nSPS) is 22.3. The van der Waals surface area contributed by atoms with Crippen molar-refractivity contribution in [1.29, 1.82) is 0 Å². The Kier molecular flexibility index (Phi) is 10.8. The molecule has 16 heteroatoms. The molecule has 1 aliphatic heterocycles. The van der Waals surface area contributed by atoms with Gasteiger partial charge in [0.05, 0.1) is 24.3 Å². The molecule has 4 nitrogen and oxygen atoms in total. The van der Waals surface area contributed by atoms with Gasteiger partial charge in [-0.3, -0.25) is 0 Å². The average molecular weight is 729 g/mol. The summed E-state index contributed by atoms with van der Waals surface area (Å²) >= 11 is 0. The fourth-order valence-electron chi connectivity index (χ4n) is 6.26. The highest BCUT2D eigenvalue weighted by Crippen LogP contribution is 2.43. The van der Waals surface area contributed by atoms with E-state index in [0.29, 0.717) is 31.1 Å². The molecule has 50 heavy (non-hydrogen) atoms. The fraction of sp³-hybridized carbons (Fsp3) is 0.412. The maximum atomic E-state index is 15.0. The van der Waals surface area contributed by atoms with Crippen LogP contribution in [0, 0.1) is 46.8 Å². The number of rotatable bonds is 9.